The minimum Gasteiger partial charge on any atom is -0.381 e. The second-order valence-electron chi connectivity index (χ2n) is 9.92. The van der Waals surface area contributed by atoms with Gasteiger partial charge in [-0.2, -0.15) is 0 Å². The van der Waals surface area contributed by atoms with Crippen LogP contribution in [-0.4, -0.2) is 52.2 Å². The second-order valence-corrected chi connectivity index (χ2v) is 9.92. The number of hydrogen-bond acceptors (Lipinski definition) is 5. The maximum absolute atomic E-state index is 5.74. The minimum absolute atomic E-state index is 0.238. The number of ether oxygens (including phenoxy) is 1. The number of aromatic amines is 1. The standard InChI is InChI=1S/C25H29N5O/c1-2-4-19-15(3-1)7-8-22(30-10-17-12-31-13-18(17)11-30)23(19)29-25-20-9-21(16-5-6-16)28-24(20)26-14-27-25/h1-4,9,14,16-18,22-23H,5-8,10-13H2,(H2,26,27,28,29)/t17-,18?,22-,23-/m0/s1. The Kier molecular flexibility index (Phi) is 4.12. The molecule has 0 bridgehead atoms. The summed E-state index contributed by atoms with van der Waals surface area (Å²) in [5.74, 6) is 3.04. The van der Waals surface area contributed by atoms with Gasteiger partial charge in [0.1, 0.15) is 17.8 Å². The van der Waals surface area contributed by atoms with Crippen LogP contribution < -0.4 is 5.32 Å². The van der Waals surface area contributed by atoms with Crippen LogP contribution in [0.2, 0.25) is 0 Å². The first-order valence-corrected chi connectivity index (χ1v) is 11.8. The van der Waals surface area contributed by atoms with Gasteiger partial charge in [0.2, 0.25) is 0 Å². The number of likely N-dealkylation sites (tertiary alicyclic amines) is 1. The van der Waals surface area contributed by atoms with Crippen LogP contribution in [0.3, 0.4) is 0 Å². The van der Waals surface area contributed by atoms with Crippen molar-refractivity contribution in [3.63, 3.8) is 0 Å². The maximum atomic E-state index is 5.74. The number of aryl methyl sites for hydroxylation is 1. The first-order valence-electron chi connectivity index (χ1n) is 11.8. The molecule has 4 aliphatic rings. The van der Waals surface area contributed by atoms with E-state index in [0.29, 0.717) is 23.8 Å². The summed E-state index contributed by atoms with van der Waals surface area (Å²) in [7, 11) is 0. The molecule has 3 aromatic rings. The van der Waals surface area contributed by atoms with Gasteiger partial charge in [-0.25, -0.2) is 9.97 Å². The average Bonchev–Trinajstić information content (AvgIpc) is 3.20. The van der Waals surface area contributed by atoms with Gasteiger partial charge < -0.3 is 15.0 Å². The number of fused-ring (bicyclic) bond motifs is 3. The Morgan fingerprint density at radius 3 is 2.71 bits per heavy atom. The summed E-state index contributed by atoms with van der Waals surface area (Å²) in [4.78, 5) is 15.5. The van der Waals surface area contributed by atoms with E-state index in [2.05, 4.69) is 50.5 Å². The fourth-order valence-corrected chi connectivity index (χ4v) is 6.14. The van der Waals surface area contributed by atoms with Gasteiger partial charge in [-0.1, -0.05) is 24.3 Å². The molecule has 0 amide bonds. The lowest BCUT2D eigenvalue weighted by atomic mass is 9.83. The van der Waals surface area contributed by atoms with Crippen LogP contribution >= 0.6 is 0 Å². The van der Waals surface area contributed by atoms with Gasteiger partial charge in [0.05, 0.1) is 24.6 Å². The molecule has 6 heteroatoms. The fraction of sp³-hybridized carbons (Fsp3) is 0.520. The summed E-state index contributed by atoms with van der Waals surface area (Å²) < 4.78 is 5.74. The van der Waals surface area contributed by atoms with E-state index in [4.69, 9.17) is 9.72 Å². The van der Waals surface area contributed by atoms with Gasteiger partial charge in [-0.3, -0.25) is 4.90 Å². The Balaban J connectivity index is 1.25. The third kappa shape index (κ3) is 3.07. The molecule has 3 fully saturated rings. The molecule has 1 unspecified atom stereocenters. The van der Waals surface area contributed by atoms with Crippen LogP contribution in [0, 0.1) is 11.8 Å². The molecule has 2 aromatic heterocycles. The van der Waals surface area contributed by atoms with E-state index >= 15 is 0 Å². The molecule has 31 heavy (non-hydrogen) atoms. The Hall–Kier alpha value is -2.44. The van der Waals surface area contributed by atoms with Crippen molar-refractivity contribution in [1.82, 2.24) is 19.9 Å². The number of aromatic nitrogens is 3. The number of nitrogens with one attached hydrogen (secondary N) is 2. The molecule has 2 aliphatic carbocycles. The Labute approximate surface area is 182 Å². The normalized spacial score (nSPS) is 30.5. The van der Waals surface area contributed by atoms with Crippen LogP contribution in [0.4, 0.5) is 5.82 Å². The number of nitrogens with zero attached hydrogens (tertiary/aromatic N) is 3. The molecule has 2 aliphatic heterocycles. The lowest BCUT2D eigenvalue weighted by molar-refractivity contribution is 0.127. The smallest absolute Gasteiger partial charge is 0.143 e. The average molecular weight is 416 g/mol. The Bertz CT molecular complexity index is 1110. The molecule has 160 valence electrons. The van der Waals surface area contributed by atoms with Gasteiger partial charge in [-0.05, 0) is 48.8 Å². The Morgan fingerprint density at radius 2 is 1.87 bits per heavy atom. The minimum atomic E-state index is 0.238. The number of H-pyrrole nitrogens is 1. The maximum Gasteiger partial charge on any atom is 0.143 e. The predicted molar refractivity (Wildman–Crippen MR) is 120 cm³/mol. The predicted octanol–water partition coefficient (Wildman–Crippen LogP) is 3.88. The van der Waals surface area contributed by atoms with Crippen molar-refractivity contribution in [2.45, 2.75) is 43.7 Å². The van der Waals surface area contributed by atoms with E-state index in [1.165, 1.54) is 36.1 Å². The van der Waals surface area contributed by atoms with Crippen LogP contribution in [0.15, 0.2) is 36.7 Å². The van der Waals surface area contributed by atoms with Crippen molar-refractivity contribution in [3.8, 4) is 0 Å². The molecular weight excluding hydrogens is 386 g/mol. The number of hydrogen-bond donors (Lipinski definition) is 2. The van der Waals surface area contributed by atoms with Gasteiger partial charge >= 0.3 is 0 Å². The number of rotatable bonds is 4. The molecule has 0 spiro atoms. The van der Waals surface area contributed by atoms with Crippen LogP contribution in [0.25, 0.3) is 11.0 Å². The third-order valence-corrected chi connectivity index (χ3v) is 7.98. The zero-order valence-electron chi connectivity index (χ0n) is 17.8. The first-order chi connectivity index (χ1) is 15.3. The molecule has 4 atom stereocenters. The third-order valence-electron chi connectivity index (χ3n) is 7.98. The van der Waals surface area contributed by atoms with E-state index in [1.807, 2.05) is 0 Å². The monoisotopic (exact) mass is 415 g/mol. The van der Waals surface area contributed by atoms with E-state index in [9.17, 15) is 0 Å². The molecule has 6 nitrogen and oxygen atoms in total. The summed E-state index contributed by atoms with van der Waals surface area (Å²) in [5.41, 5.74) is 5.16. The van der Waals surface area contributed by atoms with Crippen LogP contribution in [0.1, 0.15) is 48.0 Å². The van der Waals surface area contributed by atoms with Crippen molar-refractivity contribution in [3.05, 3.63) is 53.5 Å². The van der Waals surface area contributed by atoms with E-state index in [-0.39, 0.29) is 6.04 Å². The van der Waals surface area contributed by atoms with Gasteiger partial charge in [-0.15, -0.1) is 0 Å². The molecule has 2 N–H and O–H groups in total. The van der Waals surface area contributed by atoms with Crippen molar-refractivity contribution in [2.24, 2.45) is 11.8 Å². The van der Waals surface area contributed by atoms with E-state index in [1.54, 1.807) is 6.33 Å². The lowest BCUT2D eigenvalue weighted by Gasteiger charge is -2.40. The van der Waals surface area contributed by atoms with Crippen molar-refractivity contribution < 1.29 is 4.74 Å². The highest BCUT2D eigenvalue weighted by Crippen LogP contribution is 2.43. The van der Waals surface area contributed by atoms with E-state index < -0.39 is 0 Å². The SMILES string of the molecule is c1ccc2c(c1)CC[C@H](N1CC3COC[C@@H]3C1)[C@H]2Nc1ncnc2[nH]c(C3CC3)cc12. The van der Waals surface area contributed by atoms with Crippen LogP contribution in [-0.2, 0) is 11.2 Å². The highest BCUT2D eigenvalue weighted by molar-refractivity contribution is 5.88. The topological polar surface area (TPSA) is 66.1 Å². The highest BCUT2D eigenvalue weighted by atomic mass is 16.5. The molecular formula is C25H29N5O. The number of anilines is 1. The van der Waals surface area contributed by atoms with E-state index in [0.717, 1.165) is 49.6 Å². The molecule has 4 heterocycles. The molecule has 1 saturated carbocycles. The summed E-state index contributed by atoms with van der Waals surface area (Å²) in [5, 5.41) is 5.02. The largest absolute Gasteiger partial charge is 0.381 e. The van der Waals surface area contributed by atoms with Gasteiger partial charge in [0.25, 0.3) is 0 Å². The molecule has 0 radical (unpaired) electrons. The lowest BCUT2D eigenvalue weighted by Crippen LogP contribution is -2.44. The Morgan fingerprint density at radius 1 is 1.03 bits per heavy atom. The highest BCUT2D eigenvalue weighted by Gasteiger charge is 2.43. The van der Waals surface area contributed by atoms with Gasteiger partial charge in [0.15, 0.2) is 0 Å². The van der Waals surface area contributed by atoms with Crippen molar-refractivity contribution in [1.29, 1.82) is 0 Å². The summed E-state index contributed by atoms with van der Waals surface area (Å²) in [6.07, 6.45) is 6.59. The molecule has 1 aromatic carbocycles. The van der Waals surface area contributed by atoms with Crippen molar-refractivity contribution in [2.75, 3.05) is 31.6 Å². The zero-order chi connectivity index (χ0) is 20.4. The summed E-state index contributed by atoms with van der Waals surface area (Å²) >= 11 is 0. The number of benzene rings is 1. The quantitative estimate of drug-likeness (QED) is 0.677. The van der Waals surface area contributed by atoms with Gasteiger partial charge in [0, 0.05) is 36.7 Å². The van der Waals surface area contributed by atoms with Crippen LogP contribution in [0.5, 0.6) is 0 Å². The fourth-order valence-electron chi connectivity index (χ4n) is 6.14. The summed E-state index contributed by atoms with van der Waals surface area (Å²) in [6.45, 7) is 4.18. The zero-order valence-corrected chi connectivity index (χ0v) is 17.8. The second kappa shape index (κ2) is 7.04. The summed E-state index contributed by atoms with van der Waals surface area (Å²) in [6, 6.07) is 11.9. The molecule has 7 rings (SSSR count). The molecule has 2 saturated heterocycles. The first kappa shape index (κ1) is 18.2. The van der Waals surface area contributed by atoms with Crippen molar-refractivity contribution >= 4 is 16.9 Å².